The molecule has 0 saturated carbocycles. The molecule has 0 aromatic carbocycles. The summed E-state index contributed by atoms with van der Waals surface area (Å²) in [4.78, 5) is 26.2. The highest BCUT2D eigenvalue weighted by molar-refractivity contribution is 5.90. The topological polar surface area (TPSA) is 85.7 Å². The molecule has 0 unspecified atom stereocenters. The van der Waals surface area contributed by atoms with Gasteiger partial charge in [-0.1, -0.05) is 13.8 Å². The number of piperazine rings is 1. The van der Waals surface area contributed by atoms with E-state index in [1.54, 1.807) is 4.52 Å². The Kier molecular flexibility index (Phi) is 3.48. The third kappa shape index (κ3) is 4.14. The lowest BCUT2D eigenvalue weighted by atomic mass is 9.95. The fourth-order valence-electron chi connectivity index (χ4n) is 4.20. The molecule has 5 rings (SSSR count). The maximum atomic E-state index is 13.2. The molecule has 1 fully saturated rings. The number of nitrogens with one attached hydrogen (secondary N) is 1. The van der Waals surface area contributed by atoms with Gasteiger partial charge in [0, 0.05) is 47.4 Å². The van der Waals surface area contributed by atoms with E-state index in [0.717, 1.165) is 23.7 Å². The highest BCUT2D eigenvalue weighted by Crippen LogP contribution is 2.37. The van der Waals surface area contributed by atoms with Crippen LogP contribution in [0.1, 0.15) is 51.5 Å². The molecule has 35 heavy (non-hydrogen) atoms. The highest BCUT2D eigenvalue weighted by atomic mass is 16.2. The second kappa shape index (κ2) is 8.96. The van der Waals surface area contributed by atoms with Crippen LogP contribution in [0.15, 0.2) is 24.7 Å². The number of aromatic amines is 1. The Labute approximate surface area is 221 Å². The van der Waals surface area contributed by atoms with Crippen molar-refractivity contribution in [2.45, 2.75) is 33.6 Å². The van der Waals surface area contributed by atoms with Crippen LogP contribution in [0.5, 0.6) is 0 Å². The van der Waals surface area contributed by atoms with Crippen molar-refractivity contribution >= 4 is 28.4 Å². The molecular formula is C26H34N8O. The first-order valence-electron chi connectivity index (χ1n) is 16.6. The van der Waals surface area contributed by atoms with Gasteiger partial charge in [0.05, 0.1) is 34.2 Å². The van der Waals surface area contributed by atoms with Crippen LogP contribution in [0.25, 0.3) is 27.9 Å². The predicted molar refractivity (Wildman–Crippen MR) is 139 cm³/mol. The van der Waals surface area contributed by atoms with Crippen molar-refractivity contribution in [3.63, 3.8) is 0 Å². The number of H-pyrrole nitrogens is 1. The van der Waals surface area contributed by atoms with Gasteiger partial charge in [-0.25, -0.2) is 14.5 Å². The Bertz CT molecular complexity index is 1820. The van der Waals surface area contributed by atoms with Crippen molar-refractivity contribution in [3.8, 4) is 11.3 Å². The average molecular weight is 486 g/mol. The van der Waals surface area contributed by atoms with Gasteiger partial charge in [0.2, 0.25) is 5.91 Å². The number of hydrogen-bond donors (Lipinski definition) is 1. The van der Waals surface area contributed by atoms with Gasteiger partial charge in [-0.3, -0.25) is 4.79 Å². The van der Waals surface area contributed by atoms with Gasteiger partial charge >= 0.3 is 0 Å². The van der Waals surface area contributed by atoms with Gasteiger partial charge in [-0.15, -0.1) is 0 Å². The first-order chi connectivity index (χ1) is 21.0. The molecule has 1 amide bonds. The first kappa shape index (κ1) is 13.6. The van der Waals surface area contributed by atoms with Crippen LogP contribution in [0, 0.1) is 13.8 Å². The van der Waals surface area contributed by atoms with Crippen LogP contribution in [0.4, 0.5) is 5.82 Å². The zero-order valence-electron chi connectivity index (χ0n) is 31.1. The van der Waals surface area contributed by atoms with E-state index in [9.17, 15) is 4.79 Å². The smallest absolute Gasteiger partial charge is 0.236 e. The molecule has 0 aliphatic carbocycles. The molecule has 184 valence electrons. The fraction of sp³-hybridized carbons (Fsp3) is 0.462. The van der Waals surface area contributed by atoms with E-state index in [-0.39, 0.29) is 15.7 Å². The van der Waals surface area contributed by atoms with Crippen molar-refractivity contribution in [1.82, 2.24) is 34.4 Å². The molecule has 1 N–H and O–H groups in total. The zero-order valence-corrected chi connectivity index (χ0v) is 20.1. The molecule has 0 spiro atoms. The Hall–Kier alpha value is -3.46. The third-order valence-electron chi connectivity index (χ3n) is 6.04. The summed E-state index contributed by atoms with van der Waals surface area (Å²) >= 11 is 0. The monoisotopic (exact) mass is 485 g/mol. The fourth-order valence-corrected chi connectivity index (χ4v) is 4.20. The SMILES string of the molecule is [2H]C([2H])([2H])N(C)CC(=O)N1C([2H])([2H])C([2H])([2H])N(c2ccc3[nH]c(-c4cn5ncnc5c(C)c4C)c(C(C)C)c3n2)C([2H])([2H])C1([2H])[2H]. The van der Waals surface area contributed by atoms with Gasteiger partial charge < -0.3 is 19.7 Å². The lowest BCUT2D eigenvalue weighted by Crippen LogP contribution is -2.50. The summed E-state index contributed by atoms with van der Waals surface area (Å²) in [6, 6.07) is 2.79. The van der Waals surface area contributed by atoms with Crippen molar-refractivity contribution in [2.75, 3.05) is 51.5 Å². The minimum Gasteiger partial charge on any atom is -0.353 e. The molecule has 4 aromatic heterocycles. The third-order valence-corrected chi connectivity index (χ3v) is 6.04. The van der Waals surface area contributed by atoms with Gasteiger partial charge in [0.1, 0.15) is 12.1 Å². The predicted octanol–water partition coefficient (Wildman–Crippen LogP) is 3.22. The number of fused-ring (bicyclic) bond motifs is 2. The van der Waals surface area contributed by atoms with Crippen LogP contribution in [0.3, 0.4) is 0 Å². The van der Waals surface area contributed by atoms with Gasteiger partial charge in [0.25, 0.3) is 0 Å². The Morgan fingerprint density at radius 3 is 2.71 bits per heavy atom. The summed E-state index contributed by atoms with van der Waals surface area (Å²) in [5.41, 5.74) is 5.57. The number of likely N-dealkylation sites (N-methyl/N-ethyl adjacent to an activating group) is 1. The zero-order chi connectivity index (χ0) is 34.5. The molecule has 1 aliphatic rings. The normalized spacial score (nSPS) is 25.5. The van der Waals surface area contributed by atoms with E-state index in [2.05, 4.69) is 20.1 Å². The number of aryl methyl sites for hydroxylation is 1. The molecule has 1 aliphatic heterocycles. The van der Waals surface area contributed by atoms with Crippen LogP contribution in [0.2, 0.25) is 0 Å². The maximum absolute atomic E-state index is 13.2. The van der Waals surface area contributed by atoms with E-state index < -0.39 is 51.2 Å². The van der Waals surface area contributed by atoms with Gasteiger partial charge in [-0.05, 0) is 57.0 Å². The summed E-state index contributed by atoms with van der Waals surface area (Å²) in [5, 5.41) is 4.27. The molecule has 0 radical (unpaired) electrons. The number of aromatic nitrogens is 5. The number of amides is 1. The van der Waals surface area contributed by atoms with E-state index in [1.165, 1.54) is 18.5 Å². The molecule has 0 bridgehead atoms. The number of pyridine rings is 2. The van der Waals surface area contributed by atoms with Crippen molar-refractivity contribution in [3.05, 3.63) is 41.3 Å². The number of hydrogen-bond acceptors (Lipinski definition) is 6. The number of carbonyl (C=O) groups is 1. The lowest BCUT2D eigenvalue weighted by molar-refractivity contribution is -0.132. The number of nitrogens with zero attached hydrogens (tertiary/aromatic N) is 7. The molecule has 1 saturated heterocycles. The Balaban J connectivity index is 1.68. The van der Waals surface area contributed by atoms with Crippen molar-refractivity contribution < 1.29 is 19.9 Å². The molecular weight excluding hydrogens is 440 g/mol. The highest BCUT2D eigenvalue weighted by Gasteiger charge is 2.24. The van der Waals surface area contributed by atoms with Crippen LogP contribution in [-0.2, 0) is 4.79 Å². The van der Waals surface area contributed by atoms with Crippen LogP contribution < -0.4 is 4.90 Å². The van der Waals surface area contributed by atoms with E-state index in [0.29, 0.717) is 32.8 Å². The molecule has 4 aromatic rings. The summed E-state index contributed by atoms with van der Waals surface area (Å²) in [7, 11) is 1.04. The molecule has 0 atom stereocenters. The average Bonchev–Trinajstić information content (AvgIpc) is 3.53. The largest absolute Gasteiger partial charge is 0.353 e. The van der Waals surface area contributed by atoms with Crippen LogP contribution >= 0.6 is 0 Å². The van der Waals surface area contributed by atoms with E-state index in [1.807, 2.05) is 33.9 Å². The lowest BCUT2D eigenvalue weighted by Gasteiger charge is -2.36. The summed E-state index contributed by atoms with van der Waals surface area (Å²) in [5.74, 6) is -2.01. The Morgan fingerprint density at radius 2 is 2.00 bits per heavy atom. The van der Waals surface area contributed by atoms with Crippen molar-refractivity contribution in [1.29, 1.82) is 0 Å². The number of rotatable bonds is 5. The first-order valence-corrected chi connectivity index (χ1v) is 11.1. The Morgan fingerprint density at radius 1 is 1.23 bits per heavy atom. The second-order valence-electron chi connectivity index (χ2n) is 8.82. The van der Waals surface area contributed by atoms with E-state index >= 15 is 0 Å². The van der Waals surface area contributed by atoms with Crippen LogP contribution in [-0.4, -0.2) is 86.8 Å². The number of carbonyl (C=O) groups excluding carboxylic acids is 1. The summed E-state index contributed by atoms with van der Waals surface area (Å²) < 4.78 is 94.0. The molecule has 9 nitrogen and oxygen atoms in total. The number of anilines is 1. The minimum absolute atomic E-state index is 0.159. The minimum atomic E-state index is -3.49. The van der Waals surface area contributed by atoms with Gasteiger partial charge in [-0.2, -0.15) is 5.10 Å². The van der Waals surface area contributed by atoms with E-state index in [4.69, 9.17) is 15.1 Å². The molecule has 5 heterocycles. The summed E-state index contributed by atoms with van der Waals surface area (Å²) in [6.45, 7) is -9.85. The quantitative estimate of drug-likeness (QED) is 0.467. The standard InChI is InChI=1S/C26H34N8O/c1-16(2)23-24(19-13-34-26(27-15-28-34)18(4)17(19)3)29-20-7-8-21(30-25(20)23)32-9-11-33(12-10-32)22(35)14-31(5)6/h7-8,13,15-16,29H,9-12,14H2,1-6H3/i5D3,9D2,10D2,11D2,12D2. The summed E-state index contributed by atoms with van der Waals surface area (Å²) in [6.07, 6.45) is 3.27. The molecule has 9 heteroatoms. The van der Waals surface area contributed by atoms with Crippen molar-refractivity contribution in [2.24, 2.45) is 0 Å². The maximum Gasteiger partial charge on any atom is 0.236 e. The second-order valence-corrected chi connectivity index (χ2v) is 8.82. The van der Waals surface area contributed by atoms with Gasteiger partial charge in [0.15, 0.2) is 5.65 Å².